The van der Waals surface area contributed by atoms with E-state index in [1.54, 1.807) is 6.07 Å². The largest absolute Gasteiger partial charge is 0.488 e. The van der Waals surface area contributed by atoms with E-state index in [1.165, 1.54) is 5.56 Å². The molecule has 0 spiro atoms. The summed E-state index contributed by atoms with van der Waals surface area (Å²) >= 11 is 0. The number of ether oxygens (including phenoxy) is 1. The van der Waals surface area contributed by atoms with Crippen LogP contribution in [0.2, 0.25) is 0 Å². The molecule has 0 saturated heterocycles. The molecule has 0 aromatic heterocycles. The number of benzene rings is 2. The van der Waals surface area contributed by atoms with Gasteiger partial charge in [0, 0.05) is 5.56 Å². The molecule has 2 nitrogen and oxygen atoms in total. The maximum absolute atomic E-state index is 11.1. The zero-order valence-corrected chi connectivity index (χ0v) is 12.4. The predicted molar refractivity (Wildman–Crippen MR) is 89.1 cm³/mol. The van der Waals surface area contributed by atoms with Gasteiger partial charge in [-0.2, -0.15) is 0 Å². The minimum atomic E-state index is -0.287. The first-order chi connectivity index (χ1) is 9.39. The smallest absolute Gasteiger partial charge is 0.150 e. The number of aldehydes is 1. The Morgan fingerprint density at radius 2 is 1.71 bits per heavy atom. The van der Waals surface area contributed by atoms with Crippen molar-refractivity contribution >= 4 is 6.29 Å². The summed E-state index contributed by atoms with van der Waals surface area (Å²) in [7, 11) is 0. The van der Waals surface area contributed by atoms with Crippen LogP contribution in [-0.2, 0) is 0 Å². The van der Waals surface area contributed by atoms with E-state index in [4.69, 9.17) is 4.74 Å². The molecule has 0 radical (unpaired) electrons. The molecule has 0 N–H and O–H groups in total. The molecule has 2 aromatic rings. The summed E-state index contributed by atoms with van der Waals surface area (Å²) in [5.41, 5.74) is 3.65. The van der Waals surface area contributed by atoms with Gasteiger partial charge in [0.25, 0.3) is 0 Å². The highest BCUT2D eigenvalue weighted by molar-refractivity contribution is 5.81. The molecule has 2 aromatic carbocycles. The fraction of sp³-hybridized carbons (Fsp3) is 0.316. The van der Waals surface area contributed by atoms with Crippen LogP contribution < -0.4 is 4.74 Å². The average molecular weight is 284 g/mol. The Hall–Kier alpha value is -2.09. The maximum Gasteiger partial charge on any atom is 0.150 e. The Bertz CT molecular complexity index is 622. The zero-order chi connectivity index (χ0) is 14.8. The van der Waals surface area contributed by atoms with E-state index < -0.39 is 0 Å². The number of hydrogen-bond donors (Lipinski definition) is 0. The van der Waals surface area contributed by atoms with Crippen LogP contribution in [0.4, 0.5) is 0 Å². The third-order valence-corrected chi connectivity index (χ3v) is 2.95. The van der Waals surface area contributed by atoms with Crippen LogP contribution >= 0.6 is 0 Å². The van der Waals surface area contributed by atoms with Crippen LogP contribution in [0.5, 0.6) is 5.75 Å². The minimum Gasteiger partial charge on any atom is -0.488 e. The lowest BCUT2D eigenvalue weighted by Gasteiger charge is -2.22. The summed E-state index contributed by atoms with van der Waals surface area (Å²) in [6.45, 7) is 8.04. The van der Waals surface area contributed by atoms with Gasteiger partial charge in [-0.25, -0.2) is 0 Å². The summed E-state index contributed by atoms with van der Waals surface area (Å²) in [6.07, 6.45) is 0.858. The Morgan fingerprint density at radius 1 is 1.05 bits per heavy atom. The minimum absolute atomic E-state index is 0. The van der Waals surface area contributed by atoms with Gasteiger partial charge in [0.2, 0.25) is 0 Å². The van der Waals surface area contributed by atoms with Gasteiger partial charge in [-0.15, -0.1) is 0 Å². The van der Waals surface area contributed by atoms with Gasteiger partial charge in [-0.3, -0.25) is 4.79 Å². The lowest BCUT2D eigenvalue weighted by Crippen LogP contribution is -2.23. The molecule has 0 bridgehead atoms. The van der Waals surface area contributed by atoms with Gasteiger partial charge in [-0.1, -0.05) is 31.7 Å². The first-order valence-corrected chi connectivity index (χ1v) is 6.74. The topological polar surface area (TPSA) is 26.3 Å². The molecule has 0 aliphatic carbocycles. The van der Waals surface area contributed by atoms with Gasteiger partial charge >= 0.3 is 0 Å². The summed E-state index contributed by atoms with van der Waals surface area (Å²) in [5.74, 6) is 0.723. The molecular weight excluding hydrogens is 260 g/mol. The fourth-order valence-electron chi connectivity index (χ4n) is 2.15. The molecule has 0 saturated carbocycles. The molecular formula is C19H24O2. The van der Waals surface area contributed by atoms with Crippen molar-refractivity contribution in [1.29, 1.82) is 0 Å². The second-order valence-electron chi connectivity index (χ2n) is 5.94. The van der Waals surface area contributed by atoms with E-state index in [1.807, 2.05) is 45.0 Å². The summed E-state index contributed by atoms with van der Waals surface area (Å²) < 4.78 is 5.89. The second kappa shape index (κ2) is 6.57. The molecule has 112 valence electrons. The van der Waals surface area contributed by atoms with Crippen LogP contribution in [0.15, 0.2) is 42.5 Å². The molecule has 0 fully saturated rings. The third-order valence-electron chi connectivity index (χ3n) is 2.95. The van der Waals surface area contributed by atoms with E-state index in [9.17, 15) is 4.79 Å². The molecule has 2 rings (SSSR count). The Balaban J connectivity index is 0.00000220. The molecule has 21 heavy (non-hydrogen) atoms. The highest BCUT2D eigenvalue weighted by Gasteiger charge is 2.13. The highest BCUT2D eigenvalue weighted by Crippen LogP contribution is 2.29. The molecule has 0 atom stereocenters. The average Bonchev–Trinajstić information content (AvgIpc) is 2.36. The van der Waals surface area contributed by atoms with Gasteiger partial charge in [-0.05, 0) is 62.6 Å². The Labute approximate surface area is 127 Å². The van der Waals surface area contributed by atoms with Crippen LogP contribution in [0.1, 0.15) is 44.1 Å². The van der Waals surface area contributed by atoms with E-state index in [0.717, 1.165) is 23.2 Å². The second-order valence-corrected chi connectivity index (χ2v) is 5.94. The summed E-state index contributed by atoms with van der Waals surface area (Å²) in [6, 6.07) is 13.8. The van der Waals surface area contributed by atoms with E-state index in [-0.39, 0.29) is 13.0 Å². The number of aryl methyl sites for hydroxylation is 1. The summed E-state index contributed by atoms with van der Waals surface area (Å²) in [5, 5.41) is 0. The number of carbonyl (C=O) groups excluding carboxylic acids is 1. The van der Waals surface area contributed by atoms with Crippen molar-refractivity contribution in [2.24, 2.45) is 0 Å². The van der Waals surface area contributed by atoms with E-state index in [2.05, 4.69) is 19.1 Å². The molecule has 0 aliphatic rings. The van der Waals surface area contributed by atoms with Crippen molar-refractivity contribution in [3.63, 3.8) is 0 Å². The van der Waals surface area contributed by atoms with E-state index in [0.29, 0.717) is 5.56 Å². The lowest BCUT2D eigenvalue weighted by atomic mass is 9.98. The van der Waals surface area contributed by atoms with Gasteiger partial charge in [0.1, 0.15) is 17.6 Å². The van der Waals surface area contributed by atoms with Crippen LogP contribution in [0.3, 0.4) is 0 Å². The summed E-state index contributed by atoms with van der Waals surface area (Å²) in [4.78, 5) is 11.1. The van der Waals surface area contributed by atoms with E-state index >= 15 is 0 Å². The standard InChI is InChI=1S/C18H20O2.CH4/c1-13-7-5-6-8-17(13)15-9-14(12-19)10-16(11-15)20-18(2,3)4;/h5-12H,1-4H3;1H4. The van der Waals surface area contributed by atoms with Crippen molar-refractivity contribution < 1.29 is 9.53 Å². The normalized spacial score (nSPS) is 10.7. The van der Waals surface area contributed by atoms with Crippen molar-refractivity contribution in [3.05, 3.63) is 53.6 Å². The monoisotopic (exact) mass is 284 g/mol. The first-order valence-electron chi connectivity index (χ1n) is 6.74. The van der Waals surface area contributed by atoms with Crippen molar-refractivity contribution in [3.8, 4) is 16.9 Å². The first kappa shape index (κ1) is 17.0. The van der Waals surface area contributed by atoms with Gasteiger partial charge in [0.05, 0.1) is 0 Å². The lowest BCUT2D eigenvalue weighted by molar-refractivity contribution is 0.111. The molecule has 0 heterocycles. The SMILES string of the molecule is C.Cc1ccccc1-c1cc(C=O)cc(OC(C)(C)C)c1. The van der Waals surface area contributed by atoms with Crippen LogP contribution in [-0.4, -0.2) is 11.9 Å². The molecule has 0 amide bonds. The van der Waals surface area contributed by atoms with Crippen LogP contribution in [0.25, 0.3) is 11.1 Å². The number of rotatable bonds is 3. The maximum atomic E-state index is 11.1. The fourth-order valence-corrected chi connectivity index (χ4v) is 2.15. The zero-order valence-electron chi connectivity index (χ0n) is 12.4. The van der Waals surface area contributed by atoms with Crippen molar-refractivity contribution in [1.82, 2.24) is 0 Å². The number of hydrogen-bond acceptors (Lipinski definition) is 2. The third kappa shape index (κ3) is 4.45. The van der Waals surface area contributed by atoms with Gasteiger partial charge in [0.15, 0.2) is 0 Å². The number of carbonyl (C=O) groups is 1. The Morgan fingerprint density at radius 3 is 2.29 bits per heavy atom. The van der Waals surface area contributed by atoms with Crippen molar-refractivity contribution in [2.75, 3.05) is 0 Å². The van der Waals surface area contributed by atoms with Crippen LogP contribution in [0, 0.1) is 6.92 Å². The predicted octanol–water partition coefficient (Wildman–Crippen LogP) is 5.29. The van der Waals surface area contributed by atoms with Crippen molar-refractivity contribution in [2.45, 2.75) is 40.7 Å². The molecule has 0 aliphatic heterocycles. The Kier molecular flexibility index (Phi) is 5.31. The molecule has 2 heteroatoms. The molecule has 0 unspecified atom stereocenters. The highest BCUT2D eigenvalue weighted by atomic mass is 16.5. The quantitative estimate of drug-likeness (QED) is 0.716. The van der Waals surface area contributed by atoms with Gasteiger partial charge < -0.3 is 4.74 Å².